The highest BCUT2D eigenvalue weighted by Gasteiger charge is 2.22. The Balaban J connectivity index is 1.56. The molecule has 0 aromatic carbocycles. The van der Waals surface area contributed by atoms with Gasteiger partial charge in [-0.3, -0.25) is 9.89 Å². The molecular weight excluding hydrogens is 330 g/mol. The molecule has 3 rings (SSSR count). The van der Waals surface area contributed by atoms with Crippen LogP contribution in [0.2, 0.25) is 0 Å². The minimum atomic E-state index is 0.0557. The van der Waals surface area contributed by atoms with Gasteiger partial charge >= 0.3 is 0 Å². The van der Waals surface area contributed by atoms with Crippen LogP contribution in [0.3, 0.4) is 0 Å². The zero-order valence-electron chi connectivity index (χ0n) is 10.5. The summed E-state index contributed by atoms with van der Waals surface area (Å²) in [6.45, 7) is 0. The number of amides is 1. The maximum atomic E-state index is 12.0. The third-order valence-electron chi connectivity index (χ3n) is 3.13. The Bertz CT molecular complexity index is 659. The summed E-state index contributed by atoms with van der Waals surface area (Å²) in [6.07, 6.45) is 3.32. The highest BCUT2D eigenvalue weighted by molar-refractivity contribution is 8.01. The first-order valence-electron chi connectivity index (χ1n) is 6.26. The molecule has 1 amide bonds. The van der Waals surface area contributed by atoms with E-state index in [0.717, 1.165) is 23.6 Å². The lowest BCUT2D eigenvalue weighted by Gasteiger charge is -2.23. The molecule has 2 N–H and O–H groups in total. The van der Waals surface area contributed by atoms with Crippen LogP contribution in [0.1, 0.15) is 29.3 Å². The molecule has 0 spiro atoms. The van der Waals surface area contributed by atoms with Crippen molar-refractivity contribution in [3.8, 4) is 0 Å². The normalized spacial score (nSPS) is 17.7. The van der Waals surface area contributed by atoms with Crippen LogP contribution in [-0.4, -0.2) is 21.9 Å². The number of aryl methyl sites for hydroxylation is 1. The summed E-state index contributed by atoms with van der Waals surface area (Å²) in [5.41, 5.74) is 1.30. The fourth-order valence-electron chi connectivity index (χ4n) is 2.28. The number of carbonyl (C=O) groups is 1. The van der Waals surface area contributed by atoms with Gasteiger partial charge in [0, 0.05) is 4.88 Å². The second-order valence-electron chi connectivity index (χ2n) is 4.48. The summed E-state index contributed by atoms with van der Waals surface area (Å²) in [5.74, 6) is 0.437. The summed E-state index contributed by atoms with van der Waals surface area (Å²) in [6, 6.07) is 2.31. The molecule has 0 radical (unpaired) electrons. The van der Waals surface area contributed by atoms with Gasteiger partial charge in [-0.25, -0.2) is 0 Å². The van der Waals surface area contributed by atoms with Gasteiger partial charge in [0.15, 0.2) is 8.29 Å². The topological polar surface area (TPSA) is 57.8 Å². The van der Waals surface area contributed by atoms with Crippen molar-refractivity contribution < 1.29 is 4.79 Å². The van der Waals surface area contributed by atoms with Crippen molar-refractivity contribution in [3.05, 3.63) is 25.8 Å². The Labute approximate surface area is 134 Å². The number of rotatable bonds is 4. The fourth-order valence-corrected chi connectivity index (χ4v) is 5.16. The van der Waals surface area contributed by atoms with Crippen LogP contribution in [0.5, 0.6) is 0 Å². The molecule has 1 aliphatic carbocycles. The first-order valence-corrected chi connectivity index (χ1v) is 9.35. The number of thioether (sulfide) groups is 1. The van der Waals surface area contributed by atoms with Crippen LogP contribution in [0, 0.1) is 3.95 Å². The highest BCUT2D eigenvalue weighted by atomic mass is 32.2. The second kappa shape index (κ2) is 6.38. The quantitative estimate of drug-likeness (QED) is 0.658. The van der Waals surface area contributed by atoms with Crippen LogP contribution < -0.4 is 5.32 Å². The van der Waals surface area contributed by atoms with Crippen molar-refractivity contribution in [3.63, 3.8) is 0 Å². The van der Waals surface area contributed by atoms with Crippen molar-refractivity contribution in [1.29, 1.82) is 0 Å². The number of carbonyl (C=O) groups excluding carboxylic acids is 1. The van der Waals surface area contributed by atoms with E-state index in [1.165, 1.54) is 33.5 Å². The number of aromatic nitrogens is 2. The van der Waals surface area contributed by atoms with Gasteiger partial charge in [-0.1, -0.05) is 23.1 Å². The number of H-pyrrole nitrogens is 1. The molecular formula is C12H13N3OS4. The second-order valence-corrected chi connectivity index (χ2v) is 8.37. The average molecular weight is 344 g/mol. The molecule has 4 nitrogen and oxygen atoms in total. The fraction of sp³-hybridized carbons (Fsp3) is 0.417. The first-order chi connectivity index (χ1) is 9.72. The van der Waals surface area contributed by atoms with Gasteiger partial charge in [-0.2, -0.15) is 5.10 Å². The molecule has 1 aliphatic rings. The van der Waals surface area contributed by atoms with Crippen LogP contribution >= 0.6 is 46.7 Å². The Morgan fingerprint density at radius 2 is 2.55 bits per heavy atom. The molecule has 0 saturated carbocycles. The zero-order valence-corrected chi connectivity index (χ0v) is 13.8. The van der Waals surface area contributed by atoms with E-state index < -0.39 is 0 Å². The third-order valence-corrected chi connectivity index (χ3v) is 6.36. The Morgan fingerprint density at radius 1 is 1.65 bits per heavy atom. The summed E-state index contributed by atoms with van der Waals surface area (Å²) < 4.78 is 1.45. The van der Waals surface area contributed by atoms with E-state index in [2.05, 4.69) is 27.0 Å². The van der Waals surface area contributed by atoms with Crippen molar-refractivity contribution in [2.24, 2.45) is 0 Å². The lowest BCUT2D eigenvalue weighted by molar-refractivity contribution is -0.119. The Kier molecular flexibility index (Phi) is 4.54. The molecule has 2 aromatic rings. The molecule has 0 bridgehead atoms. The van der Waals surface area contributed by atoms with Crippen LogP contribution in [-0.2, 0) is 11.2 Å². The van der Waals surface area contributed by atoms with Crippen LogP contribution in [0.25, 0.3) is 0 Å². The predicted molar refractivity (Wildman–Crippen MR) is 86.2 cm³/mol. The van der Waals surface area contributed by atoms with Crippen molar-refractivity contribution in [2.75, 3.05) is 5.75 Å². The van der Waals surface area contributed by atoms with Crippen LogP contribution in [0.15, 0.2) is 15.8 Å². The summed E-state index contributed by atoms with van der Waals surface area (Å²) in [7, 11) is 0. The monoisotopic (exact) mass is 343 g/mol. The van der Waals surface area contributed by atoms with E-state index >= 15 is 0 Å². The molecule has 1 atom stereocenters. The van der Waals surface area contributed by atoms with E-state index in [4.69, 9.17) is 12.2 Å². The van der Waals surface area contributed by atoms with E-state index in [9.17, 15) is 4.79 Å². The van der Waals surface area contributed by atoms with Gasteiger partial charge in [0.1, 0.15) is 0 Å². The lowest BCUT2D eigenvalue weighted by Crippen LogP contribution is -2.31. The number of hydrogen-bond acceptors (Lipinski definition) is 6. The van der Waals surface area contributed by atoms with E-state index in [-0.39, 0.29) is 11.9 Å². The molecule has 8 heteroatoms. The molecule has 0 fully saturated rings. The number of thiophene rings is 1. The summed E-state index contributed by atoms with van der Waals surface area (Å²) in [4.78, 5) is 13.5. The van der Waals surface area contributed by atoms with Crippen molar-refractivity contribution in [1.82, 2.24) is 15.5 Å². The van der Waals surface area contributed by atoms with Gasteiger partial charge in [-0.05, 0) is 48.5 Å². The SMILES string of the molecule is O=C(CSc1n[nH]c(=S)s1)N[C@@H]1CCCc2sccc21. The Hall–Kier alpha value is -0.700. The summed E-state index contributed by atoms with van der Waals surface area (Å²) >= 11 is 9.57. The van der Waals surface area contributed by atoms with E-state index in [0.29, 0.717) is 9.71 Å². The minimum absolute atomic E-state index is 0.0557. The van der Waals surface area contributed by atoms with Crippen LogP contribution in [0.4, 0.5) is 0 Å². The molecule has 20 heavy (non-hydrogen) atoms. The zero-order chi connectivity index (χ0) is 13.9. The van der Waals surface area contributed by atoms with Crippen molar-refractivity contribution >= 4 is 52.6 Å². The average Bonchev–Trinajstić information content (AvgIpc) is 3.05. The minimum Gasteiger partial charge on any atom is -0.349 e. The maximum Gasteiger partial charge on any atom is 0.230 e. The lowest BCUT2D eigenvalue weighted by atomic mass is 9.94. The summed E-state index contributed by atoms with van der Waals surface area (Å²) in [5, 5.41) is 12.0. The Morgan fingerprint density at radius 3 is 3.35 bits per heavy atom. The van der Waals surface area contributed by atoms with E-state index in [1.807, 2.05) is 0 Å². The molecule has 0 aliphatic heterocycles. The van der Waals surface area contributed by atoms with Crippen molar-refractivity contribution in [2.45, 2.75) is 29.6 Å². The van der Waals surface area contributed by atoms with Gasteiger partial charge in [0.2, 0.25) is 5.91 Å². The molecule has 2 heterocycles. The number of fused-ring (bicyclic) bond motifs is 1. The maximum absolute atomic E-state index is 12.0. The largest absolute Gasteiger partial charge is 0.349 e. The first kappa shape index (κ1) is 14.2. The van der Waals surface area contributed by atoms with Gasteiger partial charge in [0.05, 0.1) is 11.8 Å². The molecule has 0 unspecified atom stereocenters. The third kappa shape index (κ3) is 3.30. The van der Waals surface area contributed by atoms with Gasteiger partial charge < -0.3 is 5.32 Å². The van der Waals surface area contributed by atoms with E-state index in [1.54, 1.807) is 11.3 Å². The predicted octanol–water partition coefficient (Wildman–Crippen LogP) is 3.55. The number of nitrogens with zero attached hydrogens (tertiary/aromatic N) is 1. The number of hydrogen-bond donors (Lipinski definition) is 2. The van der Waals surface area contributed by atoms with Gasteiger partial charge in [-0.15, -0.1) is 11.3 Å². The number of aromatic amines is 1. The molecule has 106 valence electrons. The number of nitrogens with one attached hydrogen (secondary N) is 2. The molecule has 2 aromatic heterocycles. The smallest absolute Gasteiger partial charge is 0.230 e. The standard InChI is InChI=1S/C12H13N3OS4/c16-10(6-19-12-15-14-11(17)20-12)13-8-2-1-3-9-7(8)4-5-18-9/h4-5,8H,1-3,6H2,(H,13,16)(H,14,17)/t8-/m1/s1. The van der Waals surface area contributed by atoms with Gasteiger partial charge in [0.25, 0.3) is 0 Å². The molecule has 0 saturated heterocycles. The highest BCUT2D eigenvalue weighted by Crippen LogP contribution is 2.33.